The molecule has 2 aromatic rings. The number of hydrogen-bond donors (Lipinski definition) is 2. The molecule has 1 unspecified atom stereocenters. The molecule has 2 N–H and O–H groups in total. The minimum atomic E-state index is -4.34. The average molecular weight is 360 g/mol. The summed E-state index contributed by atoms with van der Waals surface area (Å²) in [5.41, 5.74) is 0.557. The van der Waals surface area contributed by atoms with Gasteiger partial charge in [0.05, 0.1) is 11.7 Å². The molecule has 2 aromatic carbocycles. The monoisotopic (exact) mass is 359 g/mol. The molecule has 0 aliphatic rings. The number of aliphatic hydroxyl groups excluding tert-OH is 1. The Morgan fingerprint density at radius 3 is 2.33 bits per heavy atom. The van der Waals surface area contributed by atoms with Crippen LogP contribution in [0.3, 0.4) is 0 Å². The van der Waals surface area contributed by atoms with Crippen molar-refractivity contribution < 1.29 is 18.3 Å². The summed E-state index contributed by atoms with van der Waals surface area (Å²) in [4.78, 5) is 0. The molecule has 21 heavy (non-hydrogen) atoms. The molecule has 0 saturated heterocycles. The number of alkyl halides is 3. The maximum absolute atomic E-state index is 12.4. The van der Waals surface area contributed by atoms with Crippen molar-refractivity contribution in [2.75, 3.05) is 11.9 Å². The number of hydrogen-bond acceptors (Lipinski definition) is 2. The number of aliphatic hydroxyl groups is 1. The molecule has 0 saturated carbocycles. The topological polar surface area (TPSA) is 32.3 Å². The summed E-state index contributed by atoms with van der Waals surface area (Å²) in [5.74, 6) is 0. The average Bonchev–Trinajstić information content (AvgIpc) is 2.44. The largest absolute Gasteiger partial charge is 0.416 e. The summed E-state index contributed by atoms with van der Waals surface area (Å²) in [6.45, 7) is 0.210. The lowest BCUT2D eigenvalue weighted by molar-refractivity contribution is -0.137. The maximum atomic E-state index is 12.4. The maximum Gasteiger partial charge on any atom is 0.416 e. The molecule has 1 atom stereocenters. The zero-order chi connectivity index (χ0) is 15.5. The lowest BCUT2D eigenvalue weighted by Crippen LogP contribution is -2.12. The Balaban J connectivity index is 1.97. The first-order valence-corrected chi connectivity index (χ1v) is 7.00. The lowest BCUT2D eigenvalue weighted by atomic mass is 10.1. The highest BCUT2D eigenvalue weighted by Gasteiger charge is 2.29. The second kappa shape index (κ2) is 6.49. The Morgan fingerprint density at radius 2 is 1.76 bits per heavy atom. The Hall–Kier alpha value is -1.53. The Labute approximate surface area is 128 Å². The number of halogens is 4. The highest BCUT2D eigenvalue weighted by atomic mass is 79.9. The van der Waals surface area contributed by atoms with Crippen molar-refractivity contribution in [2.45, 2.75) is 12.3 Å². The molecule has 112 valence electrons. The van der Waals surface area contributed by atoms with Crippen molar-refractivity contribution in [3.05, 3.63) is 64.1 Å². The Morgan fingerprint density at radius 1 is 1.10 bits per heavy atom. The second-order valence-corrected chi connectivity index (χ2v) is 5.44. The molecule has 0 bridgehead atoms. The highest BCUT2D eigenvalue weighted by molar-refractivity contribution is 9.10. The van der Waals surface area contributed by atoms with Gasteiger partial charge in [-0.1, -0.05) is 28.1 Å². The van der Waals surface area contributed by atoms with Crippen LogP contribution in [0.4, 0.5) is 18.9 Å². The number of rotatable bonds is 4. The van der Waals surface area contributed by atoms with Crippen molar-refractivity contribution >= 4 is 21.6 Å². The lowest BCUT2D eigenvalue weighted by Gasteiger charge is -2.14. The van der Waals surface area contributed by atoms with Crippen LogP contribution in [0.15, 0.2) is 53.0 Å². The zero-order valence-corrected chi connectivity index (χ0v) is 12.4. The smallest absolute Gasteiger partial charge is 0.387 e. The van der Waals surface area contributed by atoms with Gasteiger partial charge in [0.1, 0.15) is 0 Å². The third kappa shape index (κ3) is 4.47. The summed E-state index contributed by atoms with van der Waals surface area (Å²) in [5, 5.41) is 12.9. The predicted molar refractivity (Wildman–Crippen MR) is 79.0 cm³/mol. The molecule has 2 rings (SSSR count). The van der Waals surface area contributed by atoms with Crippen LogP contribution in [0.25, 0.3) is 0 Å². The van der Waals surface area contributed by atoms with E-state index >= 15 is 0 Å². The zero-order valence-electron chi connectivity index (χ0n) is 10.9. The fourth-order valence-corrected chi connectivity index (χ4v) is 2.24. The molecular formula is C15H13BrF3NO. The van der Waals surface area contributed by atoms with E-state index < -0.39 is 17.8 Å². The SMILES string of the molecule is OC(CNc1ccc(C(F)(F)F)cc1)c1cccc(Br)c1. The van der Waals surface area contributed by atoms with Crippen LogP contribution >= 0.6 is 15.9 Å². The molecule has 0 heterocycles. The van der Waals surface area contributed by atoms with Gasteiger partial charge < -0.3 is 10.4 Å². The van der Waals surface area contributed by atoms with Gasteiger partial charge in [-0.25, -0.2) is 0 Å². The van der Waals surface area contributed by atoms with Crippen molar-refractivity contribution in [3.63, 3.8) is 0 Å². The van der Waals surface area contributed by atoms with E-state index in [0.29, 0.717) is 5.69 Å². The van der Waals surface area contributed by atoms with E-state index in [0.717, 1.165) is 22.2 Å². The summed E-state index contributed by atoms with van der Waals surface area (Å²) in [6.07, 6.45) is -5.08. The molecule has 0 fully saturated rings. The minimum Gasteiger partial charge on any atom is -0.387 e. The predicted octanol–water partition coefficient (Wildman–Crippen LogP) is 4.61. The van der Waals surface area contributed by atoms with Crippen LogP contribution in [0, 0.1) is 0 Å². The van der Waals surface area contributed by atoms with Crippen molar-refractivity contribution in [3.8, 4) is 0 Å². The van der Waals surface area contributed by atoms with Gasteiger partial charge in [0.15, 0.2) is 0 Å². The minimum absolute atomic E-state index is 0.210. The van der Waals surface area contributed by atoms with Crippen LogP contribution in [0.1, 0.15) is 17.2 Å². The fraction of sp³-hybridized carbons (Fsp3) is 0.200. The molecule has 0 radical (unpaired) electrons. The van der Waals surface area contributed by atoms with Crippen molar-refractivity contribution in [1.29, 1.82) is 0 Å². The van der Waals surface area contributed by atoms with Gasteiger partial charge >= 0.3 is 6.18 Å². The van der Waals surface area contributed by atoms with E-state index in [2.05, 4.69) is 21.2 Å². The Bertz CT molecular complexity index is 599. The van der Waals surface area contributed by atoms with E-state index in [1.54, 1.807) is 18.2 Å². The van der Waals surface area contributed by atoms with E-state index in [4.69, 9.17) is 0 Å². The van der Waals surface area contributed by atoms with Gasteiger partial charge in [0.2, 0.25) is 0 Å². The van der Waals surface area contributed by atoms with Gasteiger partial charge in [-0.2, -0.15) is 13.2 Å². The summed E-state index contributed by atoms with van der Waals surface area (Å²) >= 11 is 3.31. The molecule has 0 aliphatic heterocycles. The van der Waals surface area contributed by atoms with Gasteiger partial charge in [0, 0.05) is 16.7 Å². The first-order valence-electron chi connectivity index (χ1n) is 6.21. The van der Waals surface area contributed by atoms with Crippen LogP contribution in [-0.4, -0.2) is 11.7 Å². The van der Waals surface area contributed by atoms with E-state index in [-0.39, 0.29) is 6.54 Å². The van der Waals surface area contributed by atoms with Crippen LogP contribution in [0.2, 0.25) is 0 Å². The standard InChI is InChI=1S/C15H13BrF3NO/c16-12-3-1-2-10(8-12)14(21)9-20-13-6-4-11(5-7-13)15(17,18)19/h1-8,14,20-21H,9H2. The molecule has 0 spiro atoms. The van der Waals surface area contributed by atoms with Crippen molar-refractivity contribution in [1.82, 2.24) is 0 Å². The summed E-state index contributed by atoms with van der Waals surface area (Å²) < 4.78 is 38.1. The molecule has 0 aliphatic carbocycles. The third-order valence-corrected chi connectivity index (χ3v) is 3.44. The third-order valence-electron chi connectivity index (χ3n) is 2.95. The van der Waals surface area contributed by atoms with Gasteiger partial charge in [-0.15, -0.1) is 0 Å². The first kappa shape index (κ1) is 15.9. The van der Waals surface area contributed by atoms with E-state index in [1.807, 2.05) is 6.07 Å². The van der Waals surface area contributed by atoms with Gasteiger partial charge in [-0.3, -0.25) is 0 Å². The fourth-order valence-electron chi connectivity index (χ4n) is 1.82. The highest BCUT2D eigenvalue weighted by Crippen LogP contribution is 2.30. The summed E-state index contributed by atoms with van der Waals surface area (Å²) in [6, 6.07) is 11.9. The van der Waals surface area contributed by atoms with Crippen LogP contribution in [0.5, 0.6) is 0 Å². The van der Waals surface area contributed by atoms with Crippen molar-refractivity contribution in [2.24, 2.45) is 0 Å². The second-order valence-electron chi connectivity index (χ2n) is 4.53. The molecular weight excluding hydrogens is 347 g/mol. The number of nitrogens with one attached hydrogen (secondary N) is 1. The van der Waals surface area contributed by atoms with Gasteiger partial charge in [0.25, 0.3) is 0 Å². The van der Waals surface area contributed by atoms with Gasteiger partial charge in [-0.05, 0) is 42.0 Å². The van der Waals surface area contributed by atoms with E-state index in [9.17, 15) is 18.3 Å². The van der Waals surface area contributed by atoms with E-state index in [1.165, 1.54) is 12.1 Å². The normalized spacial score (nSPS) is 13.0. The molecule has 0 aromatic heterocycles. The molecule has 2 nitrogen and oxygen atoms in total. The molecule has 6 heteroatoms. The van der Waals surface area contributed by atoms with Crippen LogP contribution < -0.4 is 5.32 Å². The summed E-state index contributed by atoms with van der Waals surface area (Å²) in [7, 11) is 0. The number of benzene rings is 2. The number of anilines is 1. The quantitative estimate of drug-likeness (QED) is 0.835. The molecule has 0 amide bonds. The Kier molecular flexibility index (Phi) is 4.90. The van der Waals surface area contributed by atoms with Crippen LogP contribution in [-0.2, 0) is 6.18 Å². The first-order chi connectivity index (χ1) is 9.86.